The van der Waals surface area contributed by atoms with Gasteiger partial charge in [-0.1, -0.05) is 0 Å². The van der Waals surface area contributed by atoms with Crippen LogP contribution in [0.5, 0.6) is 0 Å². The lowest BCUT2D eigenvalue weighted by molar-refractivity contribution is 0.793. The van der Waals surface area contributed by atoms with E-state index in [1.807, 2.05) is 27.0 Å². The quantitative estimate of drug-likeness (QED) is 0.779. The van der Waals surface area contributed by atoms with Crippen LogP contribution in [0.3, 0.4) is 0 Å². The molecule has 5 nitrogen and oxygen atoms in total. The normalized spacial score (nSPS) is 12.3. The molecule has 0 aliphatic rings. The Morgan fingerprint density at radius 2 is 2.19 bits per heavy atom. The highest BCUT2D eigenvalue weighted by Crippen LogP contribution is 2.14. The number of aromatic nitrogens is 2. The van der Waals surface area contributed by atoms with Crippen LogP contribution in [-0.2, 0) is 0 Å². The molecule has 1 heterocycles. The second kappa shape index (κ2) is 5.65. The smallest absolute Gasteiger partial charge is 0.134 e. The lowest BCUT2D eigenvalue weighted by Crippen LogP contribution is -2.26. The molecule has 1 unspecified atom stereocenters. The molecule has 0 fully saturated rings. The van der Waals surface area contributed by atoms with Crippen molar-refractivity contribution in [2.75, 3.05) is 30.4 Å². The fraction of sp³-hybridized carbons (Fsp3) is 0.636. The van der Waals surface area contributed by atoms with E-state index in [4.69, 9.17) is 5.73 Å². The molecule has 1 aromatic heterocycles. The van der Waals surface area contributed by atoms with E-state index in [0.717, 1.165) is 24.0 Å². The molecule has 1 rings (SSSR count). The van der Waals surface area contributed by atoms with E-state index in [9.17, 15) is 0 Å². The van der Waals surface area contributed by atoms with Crippen LogP contribution in [0.1, 0.15) is 19.7 Å². The number of rotatable bonds is 5. The summed E-state index contributed by atoms with van der Waals surface area (Å²) in [6.45, 7) is 7.52. The lowest BCUT2D eigenvalue weighted by atomic mass is 10.3. The van der Waals surface area contributed by atoms with E-state index in [-0.39, 0.29) is 6.04 Å². The first-order valence-electron chi connectivity index (χ1n) is 5.60. The lowest BCUT2D eigenvalue weighted by Gasteiger charge is -2.18. The molecule has 0 saturated carbocycles. The van der Waals surface area contributed by atoms with Gasteiger partial charge in [-0.15, -0.1) is 0 Å². The van der Waals surface area contributed by atoms with Crippen molar-refractivity contribution in [3.63, 3.8) is 0 Å². The number of aryl methyl sites for hydroxylation is 1. The molecule has 90 valence electrons. The summed E-state index contributed by atoms with van der Waals surface area (Å²) in [6, 6.07) is 2.16. The van der Waals surface area contributed by atoms with E-state index in [1.54, 1.807) is 0 Å². The van der Waals surface area contributed by atoms with Gasteiger partial charge in [0.2, 0.25) is 0 Å². The van der Waals surface area contributed by atoms with E-state index in [2.05, 4.69) is 27.1 Å². The van der Waals surface area contributed by atoms with Crippen LogP contribution in [0.25, 0.3) is 0 Å². The van der Waals surface area contributed by atoms with E-state index < -0.39 is 0 Å². The van der Waals surface area contributed by atoms with Crippen LogP contribution in [0.15, 0.2) is 6.07 Å². The van der Waals surface area contributed by atoms with Crippen LogP contribution in [-0.4, -0.2) is 36.1 Å². The molecule has 1 atom stereocenters. The predicted molar refractivity (Wildman–Crippen MR) is 67.9 cm³/mol. The van der Waals surface area contributed by atoms with Gasteiger partial charge in [-0.2, -0.15) is 0 Å². The molecule has 5 heteroatoms. The summed E-state index contributed by atoms with van der Waals surface area (Å²) in [6.07, 6.45) is 0. The number of nitrogens with zero attached hydrogens (tertiary/aromatic N) is 3. The minimum Gasteiger partial charge on any atom is -0.366 e. The third kappa shape index (κ3) is 3.34. The zero-order valence-corrected chi connectivity index (χ0v) is 10.5. The number of hydrogen-bond donors (Lipinski definition) is 2. The van der Waals surface area contributed by atoms with Gasteiger partial charge >= 0.3 is 0 Å². The standard InChI is InChI=1S/C11H21N5/c1-5-16(4)11-6-10(13-8(2)7-12)14-9(3)15-11/h6,8H,5,7,12H2,1-4H3,(H,13,14,15). The summed E-state index contributed by atoms with van der Waals surface area (Å²) in [5.74, 6) is 2.53. The Bertz CT molecular complexity index is 339. The third-order valence-corrected chi connectivity index (χ3v) is 2.44. The van der Waals surface area contributed by atoms with Crippen molar-refractivity contribution in [2.45, 2.75) is 26.8 Å². The van der Waals surface area contributed by atoms with Crippen LogP contribution >= 0.6 is 0 Å². The van der Waals surface area contributed by atoms with Crippen molar-refractivity contribution in [1.82, 2.24) is 9.97 Å². The highest BCUT2D eigenvalue weighted by Gasteiger charge is 2.06. The molecular formula is C11H21N5. The molecule has 0 saturated heterocycles. The maximum atomic E-state index is 5.57. The third-order valence-electron chi connectivity index (χ3n) is 2.44. The topological polar surface area (TPSA) is 67.1 Å². The second-order valence-electron chi connectivity index (χ2n) is 3.95. The first kappa shape index (κ1) is 12.7. The molecule has 0 bridgehead atoms. The number of anilines is 2. The zero-order valence-electron chi connectivity index (χ0n) is 10.5. The van der Waals surface area contributed by atoms with Gasteiger partial charge < -0.3 is 16.0 Å². The van der Waals surface area contributed by atoms with Gasteiger partial charge in [0, 0.05) is 32.2 Å². The minimum absolute atomic E-state index is 0.217. The minimum atomic E-state index is 0.217. The molecule has 0 aliphatic heterocycles. The fourth-order valence-corrected chi connectivity index (χ4v) is 1.29. The Balaban J connectivity index is 2.89. The van der Waals surface area contributed by atoms with Crippen LogP contribution in [0.4, 0.5) is 11.6 Å². The molecule has 0 radical (unpaired) electrons. The number of hydrogen-bond acceptors (Lipinski definition) is 5. The Morgan fingerprint density at radius 1 is 1.50 bits per heavy atom. The van der Waals surface area contributed by atoms with Gasteiger partial charge in [0.1, 0.15) is 17.5 Å². The van der Waals surface area contributed by atoms with E-state index in [1.165, 1.54) is 0 Å². The van der Waals surface area contributed by atoms with E-state index in [0.29, 0.717) is 6.54 Å². The van der Waals surface area contributed by atoms with Gasteiger partial charge in [0.25, 0.3) is 0 Å². The Labute approximate surface area is 97.1 Å². The first-order chi connectivity index (χ1) is 7.56. The van der Waals surface area contributed by atoms with Gasteiger partial charge in [-0.3, -0.25) is 0 Å². The monoisotopic (exact) mass is 223 g/mol. The molecule has 3 N–H and O–H groups in total. The Morgan fingerprint density at radius 3 is 2.75 bits per heavy atom. The van der Waals surface area contributed by atoms with Gasteiger partial charge in [0.05, 0.1) is 0 Å². The van der Waals surface area contributed by atoms with Crippen molar-refractivity contribution in [3.8, 4) is 0 Å². The maximum absolute atomic E-state index is 5.57. The van der Waals surface area contributed by atoms with Crippen LogP contribution in [0.2, 0.25) is 0 Å². The molecule has 0 amide bonds. The molecule has 0 spiro atoms. The summed E-state index contributed by atoms with van der Waals surface area (Å²) in [5.41, 5.74) is 5.57. The van der Waals surface area contributed by atoms with Crippen molar-refractivity contribution in [3.05, 3.63) is 11.9 Å². The highest BCUT2D eigenvalue weighted by atomic mass is 15.2. The maximum Gasteiger partial charge on any atom is 0.134 e. The fourth-order valence-electron chi connectivity index (χ4n) is 1.29. The van der Waals surface area contributed by atoms with Crippen LogP contribution < -0.4 is 16.0 Å². The van der Waals surface area contributed by atoms with Gasteiger partial charge in [-0.25, -0.2) is 9.97 Å². The van der Waals surface area contributed by atoms with Gasteiger partial charge in [-0.05, 0) is 20.8 Å². The SMILES string of the molecule is CCN(C)c1cc(NC(C)CN)nc(C)n1. The Kier molecular flexibility index (Phi) is 4.49. The summed E-state index contributed by atoms with van der Waals surface area (Å²) in [4.78, 5) is 10.8. The Hall–Kier alpha value is -1.36. The first-order valence-corrected chi connectivity index (χ1v) is 5.60. The predicted octanol–water partition coefficient (Wildman–Crippen LogP) is 1.00. The largest absolute Gasteiger partial charge is 0.366 e. The summed E-state index contributed by atoms with van der Waals surface area (Å²) >= 11 is 0. The molecule has 16 heavy (non-hydrogen) atoms. The highest BCUT2D eigenvalue weighted by molar-refractivity contribution is 5.49. The zero-order chi connectivity index (χ0) is 12.1. The average molecular weight is 223 g/mol. The van der Waals surface area contributed by atoms with Crippen molar-refractivity contribution in [1.29, 1.82) is 0 Å². The van der Waals surface area contributed by atoms with Crippen molar-refractivity contribution >= 4 is 11.6 Å². The average Bonchev–Trinajstić information content (AvgIpc) is 2.27. The van der Waals surface area contributed by atoms with Crippen molar-refractivity contribution in [2.24, 2.45) is 5.73 Å². The summed E-state index contributed by atoms with van der Waals surface area (Å²) in [7, 11) is 2.01. The summed E-state index contributed by atoms with van der Waals surface area (Å²) < 4.78 is 0. The molecule has 0 aliphatic carbocycles. The van der Waals surface area contributed by atoms with Crippen molar-refractivity contribution < 1.29 is 0 Å². The second-order valence-corrected chi connectivity index (χ2v) is 3.95. The molecule has 0 aromatic carbocycles. The van der Waals surface area contributed by atoms with Crippen LogP contribution in [0, 0.1) is 6.92 Å². The summed E-state index contributed by atoms with van der Waals surface area (Å²) in [5, 5.41) is 3.25. The molecular weight excluding hydrogens is 202 g/mol. The molecule has 1 aromatic rings. The van der Waals surface area contributed by atoms with Gasteiger partial charge in [0.15, 0.2) is 0 Å². The number of nitrogens with two attached hydrogens (primary N) is 1. The number of nitrogens with one attached hydrogen (secondary N) is 1. The van der Waals surface area contributed by atoms with E-state index >= 15 is 0 Å².